The van der Waals surface area contributed by atoms with Gasteiger partial charge in [0, 0.05) is 43.8 Å². The Morgan fingerprint density at radius 2 is 0.891 bits per heavy atom. The van der Waals surface area contributed by atoms with Crippen LogP contribution >= 0.6 is 0 Å². The summed E-state index contributed by atoms with van der Waals surface area (Å²) in [5, 5.41) is 6.72. The maximum atomic E-state index is 8.60. The van der Waals surface area contributed by atoms with Crippen molar-refractivity contribution in [3.8, 4) is 28.2 Å². The lowest BCUT2D eigenvalue weighted by Crippen LogP contribution is -1.97. The zero-order chi connectivity index (χ0) is 36.6. The molecule has 254 valence electrons. The third kappa shape index (κ3) is 4.39. The number of hydrogen-bond acceptors (Lipinski definition) is 0. The van der Waals surface area contributed by atoms with Gasteiger partial charge in [0.05, 0.1) is 46.4 Å². The van der Waals surface area contributed by atoms with E-state index in [1.807, 2.05) is 30.3 Å². The van der Waals surface area contributed by atoms with Gasteiger partial charge >= 0.3 is 0 Å². The van der Waals surface area contributed by atoms with Gasteiger partial charge in [-0.1, -0.05) is 109 Å². The third-order valence-corrected chi connectivity index (χ3v) is 11.1. The molecule has 8 aromatic carbocycles. The molecule has 0 spiro atoms. The second-order valence-electron chi connectivity index (χ2n) is 13.9. The van der Waals surface area contributed by atoms with Crippen LogP contribution in [-0.2, 0) is 0 Å². The lowest BCUT2D eigenvalue weighted by Gasteiger charge is -2.15. The van der Waals surface area contributed by atoms with Crippen LogP contribution in [0.3, 0.4) is 0 Å². The van der Waals surface area contributed by atoms with Gasteiger partial charge in [-0.25, -0.2) is 9.69 Å². The highest BCUT2D eigenvalue weighted by atomic mass is 15.0. The molecule has 11 rings (SSSR count). The highest BCUT2D eigenvalue weighted by molar-refractivity contribution is 6.16. The van der Waals surface area contributed by atoms with Gasteiger partial charge in [0.2, 0.25) is 5.69 Å². The van der Waals surface area contributed by atoms with Crippen molar-refractivity contribution in [2.24, 2.45) is 0 Å². The molecule has 5 nitrogen and oxygen atoms in total. The van der Waals surface area contributed by atoms with E-state index < -0.39 is 0 Å². The largest absolute Gasteiger partial charge is 0.319 e. The first-order valence-corrected chi connectivity index (χ1v) is 18.3. The van der Waals surface area contributed by atoms with Crippen LogP contribution in [0, 0.1) is 13.1 Å². The first-order chi connectivity index (χ1) is 27.2. The van der Waals surface area contributed by atoms with Crippen molar-refractivity contribution >= 4 is 76.8 Å². The standard InChI is InChI=1S/C50H29N5/c1-51-41-21-13-26-47-49(41)39-19-6-10-25-45(39)54(47)33-15-11-14-32(30-33)35-20-12-27-48(50(35)52-2)55-44-24-9-5-18-38(44)40-31-34(28-29-46(40)55)53-42-22-7-3-16-36(42)37-17-4-8-23-43(37)53/h3-31H. The molecular formula is C50H29N5. The van der Waals surface area contributed by atoms with Gasteiger partial charge in [0.1, 0.15) is 0 Å². The van der Waals surface area contributed by atoms with Crippen LogP contribution < -0.4 is 0 Å². The van der Waals surface area contributed by atoms with Crippen molar-refractivity contribution < 1.29 is 0 Å². The Bertz CT molecular complexity index is 3420. The summed E-state index contributed by atoms with van der Waals surface area (Å²) in [4.78, 5) is 8.11. The molecule has 0 unspecified atom stereocenters. The number of nitrogens with zero attached hydrogens (tertiary/aromatic N) is 5. The maximum absolute atomic E-state index is 8.60. The fourth-order valence-corrected chi connectivity index (χ4v) is 8.81. The summed E-state index contributed by atoms with van der Waals surface area (Å²) in [5.41, 5.74) is 12.4. The number of hydrogen-bond donors (Lipinski definition) is 0. The van der Waals surface area contributed by atoms with Crippen LogP contribution in [-0.4, -0.2) is 13.7 Å². The topological polar surface area (TPSA) is 23.5 Å². The molecule has 0 bridgehead atoms. The minimum Gasteiger partial charge on any atom is -0.319 e. The normalized spacial score (nSPS) is 11.6. The zero-order valence-electron chi connectivity index (χ0n) is 29.5. The quantitative estimate of drug-likeness (QED) is 0.163. The Morgan fingerprint density at radius 3 is 1.58 bits per heavy atom. The smallest absolute Gasteiger partial charge is 0.218 e. The lowest BCUT2D eigenvalue weighted by molar-refractivity contribution is 1.17. The Balaban J connectivity index is 1.11. The molecule has 0 aliphatic heterocycles. The molecule has 0 aliphatic rings. The highest BCUT2D eigenvalue weighted by Gasteiger charge is 2.21. The van der Waals surface area contributed by atoms with Gasteiger partial charge in [0.15, 0.2) is 5.69 Å². The number of rotatable bonds is 4. The fourth-order valence-electron chi connectivity index (χ4n) is 8.81. The van der Waals surface area contributed by atoms with Crippen LogP contribution in [0.15, 0.2) is 176 Å². The van der Waals surface area contributed by atoms with E-state index in [-0.39, 0.29) is 0 Å². The van der Waals surface area contributed by atoms with Gasteiger partial charge in [-0.15, -0.1) is 0 Å². The summed E-state index contributed by atoms with van der Waals surface area (Å²) >= 11 is 0. The van der Waals surface area contributed by atoms with E-state index in [0.29, 0.717) is 11.4 Å². The molecule has 0 amide bonds. The van der Waals surface area contributed by atoms with Crippen molar-refractivity contribution in [1.29, 1.82) is 0 Å². The van der Waals surface area contributed by atoms with E-state index in [2.05, 4.69) is 169 Å². The summed E-state index contributed by atoms with van der Waals surface area (Å²) in [6.07, 6.45) is 0. The third-order valence-electron chi connectivity index (χ3n) is 11.1. The molecule has 3 heterocycles. The maximum Gasteiger partial charge on any atom is 0.218 e. The van der Waals surface area contributed by atoms with E-state index in [9.17, 15) is 0 Å². The van der Waals surface area contributed by atoms with Crippen LogP contribution in [0.5, 0.6) is 0 Å². The SMILES string of the molecule is [C-]#[N+]c1c(-c2cccc(-n3c4ccccc4c4c([N+]#[C-])cccc43)c2)cccc1-n1c2ccccc2c2cc(-n3c4ccccc4c4ccccc43)ccc21. The highest BCUT2D eigenvalue weighted by Crippen LogP contribution is 2.43. The average Bonchev–Trinajstić information content (AvgIpc) is 3.89. The molecule has 5 heteroatoms. The molecule has 0 atom stereocenters. The van der Waals surface area contributed by atoms with Crippen LogP contribution in [0.1, 0.15) is 0 Å². The minimum absolute atomic E-state index is 0.589. The fraction of sp³-hybridized carbons (Fsp3) is 0. The molecule has 0 saturated carbocycles. The van der Waals surface area contributed by atoms with Crippen molar-refractivity contribution in [2.45, 2.75) is 0 Å². The van der Waals surface area contributed by atoms with Crippen LogP contribution in [0.2, 0.25) is 0 Å². The Labute approximate surface area is 316 Å². The monoisotopic (exact) mass is 699 g/mol. The van der Waals surface area contributed by atoms with E-state index in [1.165, 1.54) is 21.8 Å². The first-order valence-electron chi connectivity index (χ1n) is 18.3. The summed E-state index contributed by atoms with van der Waals surface area (Å²) in [5.74, 6) is 0. The molecule has 11 aromatic rings. The number of aromatic nitrogens is 3. The van der Waals surface area contributed by atoms with Gasteiger partial charge in [-0.2, -0.15) is 0 Å². The number of para-hydroxylation sites is 5. The second kappa shape index (κ2) is 11.8. The minimum atomic E-state index is 0.589. The van der Waals surface area contributed by atoms with E-state index in [4.69, 9.17) is 13.1 Å². The second-order valence-corrected chi connectivity index (χ2v) is 13.9. The van der Waals surface area contributed by atoms with Gasteiger partial charge in [-0.05, 0) is 83.2 Å². The number of fused-ring (bicyclic) bond motifs is 9. The van der Waals surface area contributed by atoms with Crippen molar-refractivity contribution in [3.63, 3.8) is 0 Å². The Kier molecular flexibility index (Phi) is 6.61. The molecule has 0 radical (unpaired) electrons. The van der Waals surface area contributed by atoms with Crippen LogP contribution in [0.4, 0.5) is 11.4 Å². The Hall–Kier alpha value is -7.86. The van der Waals surface area contributed by atoms with Gasteiger partial charge < -0.3 is 13.7 Å². The molecule has 0 fully saturated rings. The molecule has 0 N–H and O–H groups in total. The first kappa shape index (κ1) is 30.7. The van der Waals surface area contributed by atoms with Gasteiger partial charge in [-0.3, -0.25) is 0 Å². The molecular weight excluding hydrogens is 671 g/mol. The summed E-state index contributed by atoms with van der Waals surface area (Å²) in [6.45, 7) is 16.5. The lowest BCUT2D eigenvalue weighted by atomic mass is 10.0. The summed E-state index contributed by atoms with van der Waals surface area (Å²) < 4.78 is 6.83. The van der Waals surface area contributed by atoms with E-state index in [1.54, 1.807) is 0 Å². The summed E-state index contributed by atoms with van der Waals surface area (Å²) in [7, 11) is 0. The van der Waals surface area contributed by atoms with Crippen LogP contribution in [0.25, 0.3) is 103 Å². The van der Waals surface area contributed by atoms with Crippen molar-refractivity contribution in [1.82, 2.24) is 13.7 Å². The summed E-state index contributed by atoms with van der Waals surface area (Å²) in [6, 6.07) is 61.1. The van der Waals surface area contributed by atoms with E-state index >= 15 is 0 Å². The Morgan fingerprint density at radius 1 is 0.364 bits per heavy atom. The molecule has 55 heavy (non-hydrogen) atoms. The predicted octanol–water partition coefficient (Wildman–Crippen LogP) is 13.7. The van der Waals surface area contributed by atoms with E-state index in [0.717, 1.165) is 71.8 Å². The number of benzene rings is 8. The molecule has 0 saturated heterocycles. The zero-order valence-corrected chi connectivity index (χ0v) is 29.5. The predicted molar refractivity (Wildman–Crippen MR) is 227 cm³/mol. The average molecular weight is 700 g/mol. The van der Waals surface area contributed by atoms with Crippen molar-refractivity contribution in [2.75, 3.05) is 0 Å². The van der Waals surface area contributed by atoms with Gasteiger partial charge in [0.25, 0.3) is 0 Å². The molecule has 3 aromatic heterocycles. The molecule has 0 aliphatic carbocycles. The van der Waals surface area contributed by atoms with Crippen molar-refractivity contribution in [3.05, 3.63) is 199 Å².